The molecule has 1 fully saturated rings. The van der Waals surface area contributed by atoms with E-state index in [1.807, 2.05) is 30.5 Å². The molecular weight excluding hydrogens is 507 g/mol. The molecule has 0 spiro atoms. The molecule has 3 aromatic carbocycles. The highest BCUT2D eigenvalue weighted by molar-refractivity contribution is 6.47. The first-order valence-corrected chi connectivity index (χ1v) is 12.0. The number of aliphatic hydroxyl groups excluding tert-OH is 1. The molecule has 0 bridgehead atoms. The van der Waals surface area contributed by atoms with E-state index in [0.29, 0.717) is 32.6 Å². The van der Waals surface area contributed by atoms with Crippen molar-refractivity contribution in [3.63, 3.8) is 0 Å². The second kappa shape index (κ2) is 9.42. The van der Waals surface area contributed by atoms with Gasteiger partial charge in [0.2, 0.25) is 0 Å². The lowest BCUT2D eigenvalue weighted by molar-refractivity contribution is -0.139. The molecule has 1 saturated heterocycles. The standard InChI is InChI=1S/C27H19Cl3N2O3/c28-17-7-5-15(6-8-17)25(33)23-24(20-10-9-18(29)13-21(20)30)32(27(35)26(23)34)12-11-16-14-31-22-4-2-1-3-19(16)22/h1-10,13-14,24,31,33H,11-12H2/b25-23-. The van der Waals surface area contributed by atoms with Gasteiger partial charge < -0.3 is 15.0 Å². The molecule has 8 heteroatoms. The number of aromatic nitrogens is 1. The van der Waals surface area contributed by atoms with Crippen LogP contribution in [0.5, 0.6) is 0 Å². The third-order valence-corrected chi connectivity index (χ3v) is 7.03. The Hall–Kier alpha value is -3.25. The number of hydrogen-bond donors (Lipinski definition) is 2. The molecule has 0 aliphatic carbocycles. The van der Waals surface area contributed by atoms with E-state index in [0.717, 1.165) is 16.5 Å². The summed E-state index contributed by atoms with van der Waals surface area (Å²) >= 11 is 18.6. The molecule has 2 heterocycles. The van der Waals surface area contributed by atoms with Crippen molar-refractivity contribution in [1.82, 2.24) is 9.88 Å². The van der Waals surface area contributed by atoms with E-state index in [2.05, 4.69) is 4.98 Å². The Balaban J connectivity index is 1.59. The number of amides is 1. The van der Waals surface area contributed by atoms with Crippen LogP contribution >= 0.6 is 34.8 Å². The first-order valence-electron chi connectivity index (χ1n) is 10.9. The van der Waals surface area contributed by atoms with Gasteiger partial charge in [-0.2, -0.15) is 0 Å². The number of nitrogens with one attached hydrogen (secondary N) is 1. The van der Waals surface area contributed by atoms with Gasteiger partial charge in [0.15, 0.2) is 0 Å². The number of para-hydroxylation sites is 1. The van der Waals surface area contributed by atoms with Crippen LogP contribution in [0.25, 0.3) is 16.7 Å². The number of carbonyl (C=O) groups is 2. The molecule has 1 atom stereocenters. The number of Topliss-reactive ketones (excluding diaryl/α,β-unsaturated/α-hetero) is 1. The number of aliphatic hydroxyl groups is 1. The number of aromatic amines is 1. The van der Waals surface area contributed by atoms with Gasteiger partial charge in [0, 0.05) is 44.3 Å². The molecular formula is C27H19Cl3N2O3. The van der Waals surface area contributed by atoms with Crippen LogP contribution in [0.15, 0.2) is 78.5 Å². The quantitative estimate of drug-likeness (QED) is 0.171. The van der Waals surface area contributed by atoms with Crippen LogP contribution in [0.2, 0.25) is 15.1 Å². The topological polar surface area (TPSA) is 73.4 Å². The van der Waals surface area contributed by atoms with Crippen LogP contribution < -0.4 is 0 Å². The Morgan fingerprint density at radius 2 is 1.66 bits per heavy atom. The number of fused-ring (bicyclic) bond motifs is 1. The van der Waals surface area contributed by atoms with E-state index in [1.54, 1.807) is 42.5 Å². The minimum absolute atomic E-state index is 0.0273. The number of rotatable bonds is 5. The normalized spacial score (nSPS) is 17.5. The lowest BCUT2D eigenvalue weighted by Crippen LogP contribution is -2.31. The van der Waals surface area contributed by atoms with Gasteiger partial charge in [-0.1, -0.05) is 59.1 Å². The van der Waals surface area contributed by atoms with Crippen LogP contribution in [0.1, 0.15) is 22.7 Å². The second-order valence-corrected chi connectivity index (χ2v) is 9.55. The molecule has 1 aromatic heterocycles. The average molecular weight is 526 g/mol. The summed E-state index contributed by atoms with van der Waals surface area (Å²) in [7, 11) is 0. The molecule has 0 saturated carbocycles. The number of benzene rings is 3. The number of H-pyrrole nitrogens is 1. The van der Waals surface area contributed by atoms with Gasteiger partial charge in [0.1, 0.15) is 5.76 Å². The predicted octanol–water partition coefficient (Wildman–Crippen LogP) is 6.79. The van der Waals surface area contributed by atoms with Crippen molar-refractivity contribution < 1.29 is 14.7 Å². The van der Waals surface area contributed by atoms with Gasteiger partial charge in [0.05, 0.1) is 11.6 Å². The fourth-order valence-corrected chi connectivity index (χ4v) is 5.14. The van der Waals surface area contributed by atoms with E-state index in [4.69, 9.17) is 34.8 Å². The third-order valence-electron chi connectivity index (χ3n) is 6.21. The number of carbonyl (C=O) groups excluding carboxylic acids is 2. The zero-order chi connectivity index (χ0) is 24.7. The third kappa shape index (κ3) is 4.31. The highest BCUT2D eigenvalue weighted by Crippen LogP contribution is 2.42. The molecule has 35 heavy (non-hydrogen) atoms. The summed E-state index contributed by atoms with van der Waals surface area (Å²) < 4.78 is 0. The summed E-state index contributed by atoms with van der Waals surface area (Å²) in [6.45, 7) is 0.243. The maximum Gasteiger partial charge on any atom is 0.295 e. The number of ketones is 1. The minimum Gasteiger partial charge on any atom is -0.507 e. The average Bonchev–Trinajstić information content (AvgIpc) is 3.36. The van der Waals surface area contributed by atoms with Crippen LogP contribution in [0, 0.1) is 0 Å². The Morgan fingerprint density at radius 1 is 0.943 bits per heavy atom. The van der Waals surface area contributed by atoms with E-state index in [9.17, 15) is 14.7 Å². The smallest absolute Gasteiger partial charge is 0.295 e. The SMILES string of the molecule is O=C1C(=O)N(CCc2c[nH]c3ccccc23)C(c2ccc(Cl)cc2Cl)/C1=C(/O)c1ccc(Cl)cc1. The van der Waals surface area contributed by atoms with Crippen LogP contribution in [0.4, 0.5) is 0 Å². The van der Waals surface area contributed by atoms with Crippen LogP contribution in [-0.4, -0.2) is 33.2 Å². The van der Waals surface area contributed by atoms with E-state index >= 15 is 0 Å². The lowest BCUT2D eigenvalue weighted by Gasteiger charge is -2.26. The Morgan fingerprint density at radius 3 is 2.40 bits per heavy atom. The molecule has 5 nitrogen and oxygen atoms in total. The molecule has 2 N–H and O–H groups in total. The van der Waals surface area contributed by atoms with Crippen molar-refractivity contribution in [3.05, 3.63) is 110 Å². The van der Waals surface area contributed by atoms with E-state index in [1.165, 1.54) is 4.90 Å². The summed E-state index contributed by atoms with van der Waals surface area (Å²) in [6.07, 6.45) is 2.40. The molecule has 1 aliphatic heterocycles. The molecule has 5 rings (SSSR count). The summed E-state index contributed by atoms with van der Waals surface area (Å²) in [5.41, 5.74) is 2.86. The van der Waals surface area contributed by atoms with Crippen LogP contribution in [-0.2, 0) is 16.0 Å². The van der Waals surface area contributed by atoms with Crippen LogP contribution in [0.3, 0.4) is 0 Å². The Labute approximate surface area is 216 Å². The van der Waals surface area contributed by atoms with Gasteiger partial charge in [0.25, 0.3) is 11.7 Å². The summed E-state index contributed by atoms with van der Waals surface area (Å²) in [6, 6.07) is 18.3. The number of halogens is 3. The van der Waals surface area contributed by atoms with Gasteiger partial charge in [-0.25, -0.2) is 0 Å². The fourth-order valence-electron chi connectivity index (χ4n) is 4.50. The van der Waals surface area contributed by atoms with Crippen molar-refractivity contribution in [1.29, 1.82) is 0 Å². The van der Waals surface area contributed by atoms with Crippen molar-refractivity contribution in [3.8, 4) is 0 Å². The Bertz CT molecular complexity index is 1490. The summed E-state index contributed by atoms with van der Waals surface area (Å²) in [5, 5.41) is 13.4. The van der Waals surface area contributed by atoms with Gasteiger partial charge in [-0.05, 0) is 60.0 Å². The molecule has 1 unspecified atom stereocenters. The molecule has 4 aromatic rings. The zero-order valence-corrected chi connectivity index (χ0v) is 20.5. The number of nitrogens with zero attached hydrogens (tertiary/aromatic N) is 1. The first kappa shape index (κ1) is 23.5. The van der Waals surface area contributed by atoms with Gasteiger partial charge in [-0.3, -0.25) is 9.59 Å². The monoisotopic (exact) mass is 524 g/mol. The zero-order valence-electron chi connectivity index (χ0n) is 18.3. The van der Waals surface area contributed by atoms with E-state index in [-0.39, 0.29) is 17.9 Å². The summed E-state index contributed by atoms with van der Waals surface area (Å²) in [4.78, 5) is 31.1. The lowest BCUT2D eigenvalue weighted by atomic mass is 9.95. The predicted molar refractivity (Wildman–Crippen MR) is 139 cm³/mol. The van der Waals surface area contributed by atoms with Crippen molar-refractivity contribution >= 4 is 63.2 Å². The van der Waals surface area contributed by atoms with E-state index < -0.39 is 17.7 Å². The minimum atomic E-state index is -0.874. The van der Waals surface area contributed by atoms with Gasteiger partial charge >= 0.3 is 0 Å². The highest BCUT2D eigenvalue weighted by atomic mass is 35.5. The fraction of sp³-hybridized carbons (Fsp3) is 0.111. The summed E-state index contributed by atoms with van der Waals surface area (Å²) in [5.74, 6) is -1.76. The molecule has 176 valence electrons. The maximum absolute atomic E-state index is 13.2. The van der Waals surface area contributed by atoms with Crippen molar-refractivity contribution in [2.75, 3.05) is 6.54 Å². The largest absolute Gasteiger partial charge is 0.507 e. The molecule has 1 aliphatic rings. The Kier molecular flexibility index (Phi) is 6.32. The maximum atomic E-state index is 13.2. The van der Waals surface area contributed by atoms with Gasteiger partial charge in [-0.15, -0.1) is 0 Å². The second-order valence-electron chi connectivity index (χ2n) is 8.27. The van der Waals surface area contributed by atoms with Crippen molar-refractivity contribution in [2.45, 2.75) is 12.5 Å². The first-order chi connectivity index (χ1) is 16.8. The highest BCUT2D eigenvalue weighted by Gasteiger charge is 2.46. The number of likely N-dealkylation sites (tertiary alicyclic amines) is 1. The van der Waals surface area contributed by atoms with Crippen molar-refractivity contribution in [2.24, 2.45) is 0 Å². The molecule has 0 radical (unpaired) electrons. The molecule has 1 amide bonds. The number of hydrogen-bond acceptors (Lipinski definition) is 3.